The minimum absolute atomic E-state index is 0.0205. The first-order chi connectivity index (χ1) is 15.6. The van der Waals surface area contributed by atoms with Gasteiger partial charge in [-0.3, -0.25) is 4.72 Å². The van der Waals surface area contributed by atoms with Crippen molar-refractivity contribution in [1.82, 2.24) is 5.32 Å². The standard InChI is InChI=1S/C23H22FN3O5S/c1-15-7-10-18(11-8-15)33(31,32)27-20-12-9-17(14-19(20)24)25-23(30)26-21(22(28)29)13-16-5-3-2-4-6-16/h2-12,14,21,27H,13H2,1H3,(H,28,29)(H2,25,26,30)/t21-/m1/s1. The summed E-state index contributed by atoms with van der Waals surface area (Å²) < 4.78 is 41.6. The minimum atomic E-state index is -4.00. The van der Waals surface area contributed by atoms with Gasteiger partial charge in [0.15, 0.2) is 0 Å². The number of carboxylic acids is 1. The first-order valence-electron chi connectivity index (χ1n) is 9.87. The van der Waals surface area contributed by atoms with Gasteiger partial charge in [-0.25, -0.2) is 22.4 Å². The zero-order valence-electron chi connectivity index (χ0n) is 17.6. The zero-order valence-corrected chi connectivity index (χ0v) is 18.4. The van der Waals surface area contributed by atoms with Crippen LogP contribution < -0.4 is 15.4 Å². The molecule has 33 heavy (non-hydrogen) atoms. The van der Waals surface area contributed by atoms with Crippen LogP contribution in [0, 0.1) is 12.7 Å². The number of aryl methyl sites for hydroxylation is 1. The minimum Gasteiger partial charge on any atom is -0.480 e. The van der Waals surface area contributed by atoms with Crippen LogP contribution in [0.1, 0.15) is 11.1 Å². The highest BCUT2D eigenvalue weighted by atomic mass is 32.2. The van der Waals surface area contributed by atoms with Gasteiger partial charge in [0.05, 0.1) is 10.6 Å². The number of benzene rings is 3. The zero-order chi connectivity index (χ0) is 24.0. The molecule has 0 spiro atoms. The Morgan fingerprint density at radius 2 is 1.67 bits per heavy atom. The Labute approximate surface area is 190 Å². The quantitative estimate of drug-likeness (QED) is 0.398. The van der Waals surface area contributed by atoms with Crippen LogP contribution in [0.5, 0.6) is 0 Å². The number of sulfonamides is 1. The Bertz CT molecular complexity index is 1250. The Morgan fingerprint density at radius 3 is 2.27 bits per heavy atom. The summed E-state index contributed by atoms with van der Waals surface area (Å²) in [6, 6.07) is 16.2. The molecule has 0 saturated carbocycles. The lowest BCUT2D eigenvalue weighted by molar-refractivity contribution is -0.139. The molecule has 3 rings (SSSR count). The monoisotopic (exact) mass is 471 g/mol. The van der Waals surface area contributed by atoms with Crippen molar-refractivity contribution >= 4 is 33.4 Å². The van der Waals surface area contributed by atoms with Crippen LogP contribution in [-0.4, -0.2) is 31.6 Å². The number of urea groups is 1. The van der Waals surface area contributed by atoms with E-state index in [1.165, 1.54) is 18.2 Å². The summed E-state index contributed by atoms with van der Waals surface area (Å²) in [5.74, 6) is -2.14. The smallest absolute Gasteiger partial charge is 0.326 e. The van der Waals surface area contributed by atoms with Crippen LogP contribution in [0.4, 0.5) is 20.6 Å². The molecule has 0 saturated heterocycles. The van der Waals surface area contributed by atoms with E-state index in [9.17, 15) is 27.5 Å². The fourth-order valence-electron chi connectivity index (χ4n) is 2.97. The molecule has 3 aromatic carbocycles. The van der Waals surface area contributed by atoms with E-state index in [1.54, 1.807) is 42.5 Å². The van der Waals surface area contributed by atoms with E-state index < -0.39 is 33.9 Å². The Hall–Kier alpha value is -3.92. The van der Waals surface area contributed by atoms with Crippen molar-refractivity contribution in [3.05, 3.63) is 89.7 Å². The number of amides is 2. The third kappa shape index (κ3) is 6.53. The Morgan fingerprint density at radius 1 is 1.00 bits per heavy atom. The van der Waals surface area contributed by atoms with Gasteiger partial charge in [0, 0.05) is 12.1 Å². The molecule has 172 valence electrons. The van der Waals surface area contributed by atoms with Gasteiger partial charge in [0.25, 0.3) is 10.0 Å². The molecule has 10 heteroatoms. The van der Waals surface area contributed by atoms with Crippen molar-refractivity contribution in [3.8, 4) is 0 Å². The average Bonchev–Trinajstić information content (AvgIpc) is 2.76. The first kappa shape index (κ1) is 23.7. The number of carbonyl (C=O) groups excluding carboxylic acids is 1. The maximum Gasteiger partial charge on any atom is 0.326 e. The van der Waals surface area contributed by atoms with E-state index in [4.69, 9.17) is 0 Å². The van der Waals surface area contributed by atoms with Crippen LogP contribution in [0.3, 0.4) is 0 Å². The van der Waals surface area contributed by atoms with E-state index in [-0.39, 0.29) is 22.7 Å². The Balaban J connectivity index is 1.66. The lowest BCUT2D eigenvalue weighted by Gasteiger charge is -2.16. The molecule has 0 radical (unpaired) electrons. The van der Waals surface area contributed by atoms with Gasteiger partial charge in [-0.15, -0.1) is 0 Å². The fourth-order valence-corrected chi connectivity index (χ4v) is 4.04. The van der Waals surface area contributed by atoms with Gasteiger partial charge in [-0.1, -0.05) is 48.0 Å². The van der Waals surface area contributed by atoms with Crippen LogP contribution >= 0.6 is 0 Å². The molecule has 0 unspecified atom stereocenters. The van der Waals surface area contributed by atoms with Gasteiger partial charge < -0.3 is 15.7 Å². The number of aliphatic carboxylic acids is 1. The topological polar surface area (TPSA) is 125 Å². The molecule has 4 N–H and O–H groups in total. The number of carboxylic acid groups (broad SMARTS) is 1. The number of nitrogens with one attached hydrogen (secondary N) is 3. The molecule has 2 amide bonds. The molecule has 8 nitrogen and oxygen atoms in total. The molecule has 3 aromatic rings. The van der Waals surface area contributed by atoms with Crippen molar-refractivity contribution in [3.63, 3.8) is 0 Å². The average molecular weight is 472 g/mol. The van der Waals surface area contributed by atoms with Gasteiger partial charge >= 0.3 is 12.0 Å². The van der Waals surface area contributed by atoms with Crippen LogP contribution in [0.15, 0.2) is 77.7 Å². The number of rotatable bonds is 8. The second-order valence-corrected chi connectivity index (χ2v) is 8.97. The van der Waals surface area contributed by atoms with Crippen LogP contribution in [0.2, 0.25) is 0 Å². The van der Waals surface area contributed by atoms with Crippen LogP contribution in [0.25, 0.3) is 0 Å². The van der Waals surface area contributed by atoms with Gasteiger partial charge in [-0.2, -0.15) is 0 Å². The summed E-state index contributed by atoms with van der Waals surface area (Å²) >= 11 is 0. The van der Waals surface area contributed by atoms with Crippen molar-refractivity contribution in [2.45, 2.75) is 24.3 Å². The number of hydrogen-bond acceptors (Lipinski definition) is 4. The summed E-state index contributed by atoms with van der Waals surface area (Å²) in [4.78, 5) is 23.7. The summed E-state index contributed by atoms with van der Waals surface area (Å²) in [5, 5.41) is 14.1. The predicted octanol–water partition coefficient (Wildman–Crippen LogP) is 3.75. The largest absolute Gasteiger partial charge is 0.480 e. The molecule has 0 aliphatic carbocycles. The molecule has 0 bridgehead atoms. The Kier molecular flexibility index (Phi) is 7.29. The maximum absolute atomic E-state index is 14.5. The molecule has 0 aliphatic rings. The maximum atomic E-state index is 14.5. The summed E-state index contributed by atoms with van der Waals surface area (Å²) in [5.41, 5.74) is 1.32. The van der Waals surface area contributed by atoms with Crippen molar-refractivity contribution in [2.24, 2.45) is 0 Å². The predicted molar refractivity (Wildman–Crippen MR) is 122 cm³/mol. The highest BCUT2D eigenvalue weighted by Crippen LogP contribution is 2.22. The van der Waals surface area contributed by atoms with Crippen molar-refractivity contribution < 1.29 is 27.5 Å². The van der Waals surface area contributed by atoms with Crippen molar-refractivity contribution in [2.75, 3.05) is 10.0 Å². The van der Waals surface area contributed by atoms with Gasteiger partial charge in [0.1, 0.15) is 11.9 Å². The number of carbonyl (C=O) groups is 2. The molecule has 0 aliphatic heterocycles. The molecule has 0 fully saturated rings. The SMILES string of the molecule is Cc1ccc(S(=O)(=O)Nc2ccc(NC(=O)N[C@H](Cc3ccccc3)C(=O)O)cc2F)cc1. The highest BCUT2D eigenvalue weighted by molar-refractivity contribution is 7.92. The second kappa shape index (κ2) is 10.1. The summed E-state index contributed by atoms with van der Waals surface area (Å²) in [6.07, 6.45) is 0.0671. The molecular weight excluding hydrogens is 449 g/mol. The molecule has 0 aromatic heterocycles. The van der Waals surface area contributed by atoms with E-state index in [0.29, 0.717) is 0 Å². The number of halogens is 1. The van der Waals surface area contributed by atoms with E-state index in [2.05, 4.69) is 15.4 Å². The molecule has 0 heterocycles. The summed E-state index contributed by atoms with van der Waals surface area (Å²) in [7, 11) is -4.00. The van der Waals surface area contributed by atoms with E-state index in [0.717, 1.165) is 23.3 Å². The first-order valence-corrected chi connectivity index (χ1v) is 11.4. The number of hydrogen-bond donors (Lipinski definition) is 4. The van der Waals surface area contributed by atoms with E-state index >= 15 is 0 Å². The highest BCUT2D eigenvalue weighted by Gasteiger charge is 2.21. The van der Waals surface area contributed by atoms with Crippen LogP contribution in [-0.2, 0) is 21.2 Å². The lowest BCUT2D eigenvalue weighted by Crippen LogP contribution is -2.44. The summed E-state index contributed by atoms with van der Waals surface area (Å²) in [6.45, 7) is 1.81. The van der Waals surface area contributed by atoms with Gasteiger partial charge in [0.2, 0.25) is 0 Å². The molecule has 1 atom stereocenters. The third-order valence-corrected chi connectivity index (χ3v) is 6.07. The normalized spacial score (nSPS) is 11.9. The van der Waals surface area contributed by atoms with Gasteiger partial charge in [-0.05, 0) is 42.8 Å². The third-order valence-electron chi connectivity index (χ3n) is 4.69. The molecular formula is C23H22FN3O5S. The fraction of sp³-hybridized carbons (Fsp3) is 0.130. The van der Waals surface area contributed by atoms with Crippen molar-refractivity contribution in [1.29, 1.82) is 0 Å². The lowest BCUT2D eigenvalue weighted by atomic mass is 10.1. The number of anilines is 2. The second-order valence-electron chi connectivity index (χ2n) is 7.29. The van der Waals surface area contributed by atoms with E-state index in [1.807, 2.05) is 6.92 Å².